The van der Waals surface area contributed by atoms with Crippen molar-refractivity contribution in [1.29, 1.82) is 0 Å². The minimum Gasteiger partial charge on any atom is -0.332 e. The van der Waals surface area contributed by atoms with Gasteiger partial charge in [0, 0.05) is 23.4 Å². The molecule has 0 saturated carbocycles. The molecular formula is C19H21N3O2S. The molecule has 0 aliphatic carbocycles. The Kier molecular flexibility index (Phi) is 6.25. The number of hydrogen-bond donors (Lipinski definition) is 3. The molecular weight excluding hydrogens is 334 g/mol. The van der Waals surface area contributed by atoms with Gasteiger partial charge in [0.1, 0.15) is 0 Å². The first-order chi connectivity index (χ1) is 11.9. The van der Waals surface area contributed by atoms with Crippen LogP contribution in [0.4, 0.5) is 11.4 Å². The lowest BCUT2D eigenvalue weighted by atomic mass is 10.1. The van der Waals surface area contributed by atoms with Crippen LogP contribution in [0, 0.1) is 13.8 Å². The zero-order valence-electron chi connectivity index (χ0n) is 14.5. The van der Waals surface area contributed by atoms with Crippen molar-refractivity contribution in [2.45, 2.75) is 27.2 Å². The lowest BCUT2D eigenvalue weighted by molar-refractivity contribution is -0.115. The van der Waals surface area contributed by atoms with E-state index < -0.39 is 0 Å². The average molecular weight is 355 g/mol. The van der Waals surface area contributed by atoms with Crippen molar-refractivity contribution in [1.82, 2.24) is 5.32 Å². The van der Waals surface area contributed by atoms with Crippen molar-refractivity contribution in [2.24, 2.45) is 0 Å². The highest BCUT2D eigenvalue weighted by Gasteiger charge is 2.09. The maximum atomic E-state index is 12.3. The molecule has 0 aromatic heterocycles. The minimum absolute atomic E-state index is 0.0445. The molecule has 25 heavy (non-hydrogen) atoms. The summed E-state index contributed by atoms with van der Waals surface area (Å²) in [6, 6.07) is 12.7. The predicted molar refractivity (Wildman–Crippen MR) is 105 cm³/mol. The maximum absolute atomic E-state index is 12.3. The first kappa shape index (κ1) is 18.6. The molecule has 0 aliphatic heterocycles. The van der Waals surface area contributed by atoms with Crippen LogP contribution in [0.1, 0.15) is 34.8 Å². The van der Waals surface area contributed by atoms with Crippen molar-refractivity contribution in [3.8, 4) is 0 Å². The highest BCUT2D eigenvalue weighted by atomic mass is 32.1. The fourth-order valence-electron chi connectivity index (χ4n) is 2.33. The van der Waals surface area contributed by atoms with Crippen LogP contribution in [-0.4, -0.2) is 16.9 Å². The molecule has 0 radical (unpaired) electrons. The molecule has 0 aliphatic rings. The largest absolute Gasteiger partial charge is 0.332 e. The monoisotopic (exact) mass is 355 g/mol. The van der Waals surface area contributed by atoms with Crippen LogP contribution in [0.5, 0.6) is 0 Å². The fourth-order valence-corrected chi connectivity index (χ4v) is 2.54. The van der Waals surface area contributed by atoms with Gasteiger partial charge < -0.3 is 10.6 Å². The summed E-state index contributed by atoms with van der Waals surface area (Å²) < 4.78 is 0. The number of hydrogen-bond acceptors (Lipinski definition) is 3. The van der Waals surface area contributed by atoms with Gasteiger partial charge in [0.15, 0.2) is 5.11 Å². The van der Waals surface area contributed by atoms with Gasteiger partial charge in [-0.05, 0) is 62.5 Å². The second-order valence-electron chi connectivity index (χ2n) is 5.76. The molecule has 2 aromatic carbocycles. The van der Waals surface area contributed by atoms with Crippen LogP contribution >= 0.6 is 12.2 Å². The molecule has 130 valence electrons. The summed E-state index contributed by atoms with van der Waals surface area (Å²) in [5.41, 5.74) is 4.05. The number of carbonyl (C=O) groups excluding carboxylic acids is 2. The number of amides is 2. The predicted octanol–water partition coefficient (Wildman–Crippen LogP) is 3.78. The van der Waals surface area contributed by atoms with Crippen LogP contribution in [0.2, 0.25) is 0 Å². The molecule has 2 rings (SSSR count). The third kappa shape index (κ3) is 5.69. The number of thiocarbonyl (C=S) groups is 1. The van der Waals surface area contributed by atoms with Gasteiger partial charge in [-0.1, -0.05) is 24.1 Å². The Bertz CT molecular complexity index is 781. The third-order valence-corrected chi connectivity index (χ3v) is 3.66. The van der Waals surface area contributed by atoms with E-state index in [1.54, 1.807) is 31.2 Å². The van der Waals surface area contributed by atoms with E-state index in [0.29, 0.717) is 17.7 Å². The average Bonchev–Trinajstić information content (AvgIpc) is 2.55. The van der Waals surface area contributed by atoms with Gasteiger partial charge in [-0.15, -0.1) is 0 Å². The lowest BCUT2D eigenvalue weighted by Crippen LogP contribution is -2.34. The topological polar surface area (TPSA) is 70.2 Å². The quantitative estimate of drug-likeness (QED) is 0.730. The highest BCUT2D eigenvalue weighted by Crippen LogP contribution is 2.14. The van der Waals surface area contributed by atoms with Crippen molar-refractivity contribution in [3.63, 3.8) is 0 Å². The Balaban J connectivity index is 1.95. The van der Waals surface area contributed by atoms with Crippen LogP contribution in [0.3, 0.4) is 0 Å². The van der Waals surface area contributed by atoms with Gasteiger partial charge in [0.05, 0.1) is 0 Å². The fraction of sp³-hybridized carbons (Fsp3) is 0.211. The molecule has 0 atom stereocenters. The summed E-state index contributed by atoms with van der Waals surface area (Å²) in [5, 5.41) is 8.60. The maximum Gasteiger partial charge on any atom is 0.257 e. The number of anilines is 2. The molecule has 0 heterocycles. The molecule has 3 N–H and O–H groups in total. The molecule has 6 heteroatoms. The highest BCUT2D eigenvalue weighted by molar-refractivity contribution is 7.80. The summed E-state index contributed by atoms with van der Waals surface area (Å²) in [7, 11) is 0. The van der Waals surface area contributed by atoms with E-state index in [0.717, 1.165) is 16.8 Å². The SMILES string of the molecule is CCC(=O)Nc1ccc(NC(=S)NC(=O)c2cc(C)cc(C)c2)cc1. The van der Waals surface area contributed by atoms with Crippen molar-refractivity contribution < 1.29 is 9.59 Å². The number of carbonyl (C=O) groups is 2. The van der Waals surface area contributed by atoms with Crippen molar-refractivity contribution >= 4 is 40.5 Å². The van der Waals surface area contributed by atoms with E-state index in [4.69, 9.17) is 12.2 Å². The van der Waals surface area contributed by atoms with E-state index >= 15 is 0 Å². The first-order valence-electron chi connectivity index (χ1n) is 7.98. The van der Waals surface area contributed by atoms with Crippen LogP contribution in [0.25, 0.3) is 0 Å². The van der Waals surface area contributed by atoms with Crippen molar-refractivity contribution in [3.05, 3.63) is 59.2 Å². The summed E-state index contributed by atoms with van der Waals surface area (Å²) in [5.74, 6) is -0.298. The molecule has 0 bridgehead atoms. The van der Waals surface area contributed by atoms with Gasteiger partial charge >= 0.3 is 0 Å². The molecule has 5 nitrogen and oxygen atoms in total. The lowest BCUT2D eigenvalue weighted by Gasteiger charge is -2.11. The summed E-state index contributed by atoms with van der Waals surface area (Å²) in [6.07, 6.45) is 0.425. The number of aryl methyl sites for hydroxylation is 2. The van der Waals surface area contributed by atoms with E-state index in [2.05, 4.69) is 16.0 Å². The van der Waals surface area contributed by atoms with E-state index in [9.17, 15) is 9.59 Å². The second kappa shape index (κ2) is 8.39. The zero-order valence-corrected chi connectivity index (χ0v) is 15.3. The Morgan fingerprint density at radius 1 is 0.920 bits per heavy atom. The van der Waals surface area contributed by atoms with Crippen LogP contribution in [-0.2, 0) is 4.79 Å². The van der Waals surface area contributed by atoms with Crippen LogP contribution in [0.15, 0.2) is 42.5 Å². The Hall–Kier alpha value is -2.73. The summed E-state index contributed by atoms with van der Waals surface area (Å²) in [6.45, 7) is 5.68. The van der Waals surface area contributed by atoms with E-state index in [1.807, 2.05) is 32.0 Å². The third-order valence-electron chi connectivity index (χ3n) is 3.46. The van der Waals surface area contributed by atoms with E-state index in [-0.39, 0.29) is 16.9 Å². The molecule has 0 saturated heterocycles. The zero-order chi connectivity index (χ0) is 18.4. The Morgan fingerprint density at radius 3 is 1.96 bits per heavy atom. The Labute approximate surface area is 152 Å². The van der Waals surface area contributed by atoms with Gasteiger partial charge in [-0.25, -0.2) is 0 Å². The van der Waals surface area contributed by atoms with Crippen LogP contribution < -0.4 is 16.0 Å². The normalized spacial score (nSPS) is 10.0. The summed E-state index contributed by atoms with van der Waals surface area (Å²) >= 11 is 5.19. The molecule has 0 spiro atoms. The van der Waals surface area contributed by atoms with E-state index in [1.165, 1.54) is 0 Å². The molecule has 0 fully saturated rings. The molecule has 0 unspecified atom stereocenters. The number of benzene rings is 2. The van der Waals surface area contributed by atoms with Gasteiger partial charge in [-0.2, -0.15) is 0 Å². The van der Waals surface area contributed by atoms with Gasteiger partial charge in [0.2, 0.25) is 5.91 Å². The van der Waals surface area contributed by atoms with Gasteiger partial charge in [-0.3, -0.25) is 14.9 Å². The number of nitrogens with one attached hydrogen (secondary N) is 3. The standard InChI is InChI=1S/C19H21N3O2S/c1-4-17(23)20-15-5-7-16(8-6-15)21-19(25)22-18(24)14-10-12(2)9-13(3)11-14/h5-11H,4H2,1-3H3,(H,20,23)(H2,21,22,24,25). The van der Waals surface area contributed by atoms with Crippen molar-refractivity contribution in [2.75, 3.05) is 10.6 Å². The molecule has 2 aromatic rings. The Morgan fingerprint density at radius 2 is 1.44 bits per heavy atom. The minimum atomic E-state index is -0.254. The smallest absolute Gasteiger partial charge is 0.257 e. The second-order valence-corrected chi connectivity index (χ2v) is 6.17. The molecule has 2 amide bonds. The summed E-state index contributed by atoms with van der Waals surface area (Å²) in [4.78, 5) is 23.6. The van der Waals surface area contributed by atoms with Gasteiger partial charge in [0.25, 0.3) is 5.91 Å². The number of rotatable bonds is 4. The first-order valence-corrected chi connectivity index (χ1v) is 8.38.